The molecule has 0 unspecified atom stereocenters. The minimum atomic E-state index is -0.467. The highest BCUT2D eigenvalue weighted by molar-refractivity contribution is 5.97. The van der Waals surface area contributed by atoms with E-state index >= 15 is 0 Å². The summed E-state index contributed by atoms with van der Waals surface area (Å²) in [5.74, 6) is -0.888. The van der Waals surface area contributed by atoms with Crippen LogP contribution in [0.15, 0.2) is 35.5 Å². The smallest absolute Gasteiger partial charge is 0.339 e. The van der Waals surface area contributed by atoms with Crippen LogP contribution in [0.4, 0.5) is 0 Å². The molecule has 0 bridgehead atoms. The Labute approximate surface area is 105 Å². The molecular weight excluding hydrogens is 234 g/mol. The largest absolute Gasteiger partial charge is 0.469 e. The molecule has 0 N–H and O–H groups in total. The maximum atomic E-state index is 11.4. The average Bonchev–Trinajstić information content (AvgIpc) is 2.37. The van der Waals surface area contributed by atoms with E-state index in [1.54, 1.807) is 6.92 Å². The van der Waals surface area contributed by atoms with Crippen LogP contribution in [0, 0.1) is 0 Å². The summed E-state index contributed by atoms with van der Waals surface area (Å²) in [5.41, 5.74) is 1.24. The Morgan fingerprint density at radius 2 is 1.83 bits per heavy atom. The van der Waals surface area contributed by atoms with E-state index in [1.807, 2.05) is 30.3 Å². The second kappa shape index (κ2) is 7.21. The molecule has 0 spiro atoms. The van der Waals surface area contributed by atoms with Gasteiger partial charge in [0.2, 0.25) is 0 Å². The zero-order valence-corrected chi connectivity index (χ0v) is 10.4. The van der Waals surface area contributed by atoms with Crippen LogP contribution in [0.2, 0.25) is 0 Å². The van der Waals surface area contributed by atoms with E-state index in [1.165, 1.54) is 7.11 Å². The summed E-state index contributed by atoms with van der Waals surface area (Å²) in [6, 6.07) is 9.20. The van der Waals surface area contributed by atoms with E-state index in [0.29, 0.717) is 5.71 Å². The highest BCUT2D eigenvalue weighted by atomic mass is 16.7. The highest BCUT2D eigenvalue weighted by Gasteiger charge is 2.06. The van der Waals surface area contributed by atoms with Crippen molar-refractivity contribution in [1.82, 2.24) is 0 Å². The van der Waals surface area contributed by atoms with Crippen LogP contribution in [-0.2, 0) is 25.6 Å². The van der Waals surface area contributed by atoms with Crippen molar-refractivity contribution >= 4 is 17.7 Å². The summed E-state index contributed by atoms with van der Waals surface area (Å²) >= 11 is 0. The molecule has 0 saturated carbocycles. The van der Waals surface area contributed by atoms with Crippen LogP contribution < -0.4 is 0 Å². The van der Waals surface area contributed by atoms with Crippen LogP contribution in [0.5, 0.6) is 0 Å². The van der Waals surface area contributed by atoms with Crippen molar-refractivity contribution in [2.24, 2.45) is 5.16 Å². The number of carbonyl (C=O) groups excluding carboxylic acids is 2. The Kier molecular flexibility index (Phi) is 5.57. The predicted octanol–water partition coefficient (Wildman–Crippen LogP) is 1.71. The molecule has 0 fully saturated rings. The summed E-state index contributed by atoms with van der Waals surface area (Å²) < 4.78 is 4.46. The van der Waals surface area contributed by atoms with Crippen molar-refractivity contribution in [3.63, 3.8) is 0 Å². The molecule has 5 nitrogen and oxygen atoms in total. The summed E-state index contributed by atoms with van der Waals surface area (Å²) in [5, 5.41) is 3.57. The van der Waals surface area contributed by atoms with Gasteiger partial charge in [-0.3, -0.25) is 4.79 Å². The van der Waals surface area contributed by atoms with E-state index in [9.17, 15) is 9.59 Å². The number of methoxy groups -OCH3 is 1. The van der Waals surface area contributed by atoms with E-state index in [0.717, 1.165) is 5.56 Å². The fourth-order valence-electron chi connectivity index (χ4n) is 1.24. The number of ether oxygens (including phenoxy) is 1. The third-order valence-electron chi connectivity index (χ3n) is 2.12. The zero-order chi connectivity index (χ0) is 13.4. The maximum Gasteiger partial charge on any atom is 0.339 e. The van der Waals surface area contributed by atoms with Gasteiger partial charge in [-0.2, -0.15) is 0 Å². The SMILES string of the molecule is COC(=O)CC(C)=NOC(=O)Cc1ccccc1. The molecule has 1 aromatic carbocycles. The van der Waals surface area contributed by atoms with Gasteiger partial charge in [0.25, 0.3) is 0 Å². The van der Waals surface area contributed by atoms with Gasteiger partial charge in [-0.25, -0.2) is 4.79 Å². The van der Waals surface area contributed by atoms with E-state index in [-0.39, 0.29) is 12.8 Å². The van der Waals surface area contributed by atoms with Gasteiger partial charge in [-0.15, -0.1) is 0 Å². The molecule has 1 rings (SSSR count). The summed E-state index contributed by atoms with van der Waals surface area (Å²) in [6.45, 7) is 1.59. The first-order valence-electron chi connectivity index (χ1n) is 5.46. The molecule has 0 aromatic heterocycles. The highest BCUT2D eigenvalue weighted by Crippen LogP contribution is 2.01. The minimum absolute atomic E-state index is 0.00904. The van der Waals surface area contributed by atoms with E-state index in [4.69, 9.17) is 4.84 Å². The Morgan fingerprint density at radius 1 is 1.17 bits per heavy atom. The number of oxime groups is 1. The Hall–Kier alpha value is -2.17. The minimum Gasteiger partial charge on any atom is -0.469 e. The average molecular weight is 249 g/mol. The van der Waals surface area contributed by atoms with Crippen molar-refractivity contribution in [2.45, 2.75) is 19.8 Å². The molecule has 0 atom stereocenters. The first-order valence-corrected chi connectivity index (χ1v) is 5.46. The van der Waals surface area contributed by atoms with Crippen molar-refractivity contribution < 1.29 is 19.2 Å². The summed E-state index contributed by atoms with van der Waals surface area (Å²) in [4.78, 5) is 27.0. The first kappa shape index (κ1) is 13.9. The van der Waals surface area contributed by atoms with Gasteiger partial charge in [-0.1, -0.05) is 35.5 Å². The maximum absolute atomic E-state index is 11.4. The fourth-order valence-corrected chi connectivity index (χ4v) is 1.24. The van der Waals surface area contributed by atoms with Gasteiger partial charge in [-0.05, 0) is 12.5 Å². The molecule has 0 aliphatic rings. The first-order chi connectivity index (χ1) is 8.61. The van der Waals surface area contributed by atoms with Crippen LogP contribution in [0.3, 0.4) is 0 Å². The van der Waals surface area contributed by atoms with Gasteiger partial charge in [0.15, 0.2) is 0 Å². The molecule has 0 radical (unpaired) electrons. The molecule has 1 aromatic rings. The molecule has 96 valence electrons. The normalized spacial score (nSPS) is 10.9. The number of hydrogen-bond donors (Lipinski definition) is 0. The number of nitrogens with zero attached hydrogens (tertiary/aromatic N) is 1. The fraction of sp³-hybridized carbons (Fsp3) is 0.308. The van der Waals surface area contributed by atoms with E-state index < -0.39 is 11.9 Å². The summed E-state index contributed by atoms with van der Waals surface area (Å²) in [7, 11) is 1.29. The molecular formula is C13H15NO4. The van der Waals surface area contributed by atoms with Crippen LogP contribution in [0.1, 0.15) is 18.9 Å². The third kappa shape index (κ3) is 5.25. The van der Waals surface area contributed by atoms with Crippen molar-refractivity contribution in [3.05, 3.63) is 35.9 Å². The van der Waals surface area contributed by atoms with Gasteiger partial charge < -0.3 is 9.57 Å². The number of benzene rings is 1. The Morgan fingerprint density at radius 3 is 2.44 bits per heavy atom. The quantitative estimate of drug-likeness (QED) is 0.345. The van der Waals surface area contributed by atoms with Crippen LogP contribution in [0.25, 0.3) is 0 Å². The van der Waals surface area contributed by atoms with E-state index in [2.05, 4.69) is 9.89 Å². The lowest BCUT2D eigenvalue weighted by molar-refractivity contribution is -0.143. The predicted molar refractivity (Wildman–Crippen MR) is 66.0 cm³/mol. The van der Waals surface area contributed by atoms with Gasteiger partial charge in [0.05, 0.1) is 25.7 Å². The van der Waals surface area contributed by atoms with Crippen molar-refractivity contribution in [1.29, 1.82) is 0 Å². The molecule has 18 heavy (non-hydrogen) atoms. The molecule has 0 heterocycles. The molecule has 5 heteroatoms. The van der Waals surface area contributed by atoms with Gasteiger partial charge >= 0.3 is 11.9 Å². The topological polar surface area (TPSA) is 65.0 Å². The second-order valence-electron chi connectivity index (χ2n) is 3.71. The van der Waals surface area contributed by atoms with Gasteiger partial charge in [0, 0.05) is 0 Å². The third-order valence-corrected chi connectivity index (χ3v) is 2.12. The number of esters is 1. The molecule has 0 saturated heterocycles. The standard InChI is InChI=1S/C13H15NO4/c1-10(8-12(15)17-2)14-18-13(16)9-11-6-4-3-5-7-11/h3-7H,8-9H2,1-2H3. The van der Waals surface area contributed by atoms with Crippen molar-refractivity contribution in [3.8, 4) is 0 Å². The Bertz CT molecular complexity index is 440. The lowest BCUT2D eigenvalue weighted by Gasteiger charge is -2.00. The number of carbonyl (C=O) groups is 2. The Balaban J connectivity index is 2.41. The zero-order valence-electron chi connectivity index (χ0n) is 10.4. The second-order valence-corrected chi connectivity index (χ2v) is 3.71. The van der Waals surface area contributed by atoms with Crippen LogP contribution >= 0.6 is 0 Å². The summed E-state index contributed by atoms with van der Waals surface area (Å²) in [6.07, 6.45) is 0.158. The lowest BCUT2D eigenvalue weighted by atomic mass is 10.2. The monoisotopic (exact) mass is 249 g/mol. The molecule has 0 amide bonds. The lowest BCUT2D eigenvalue weighted by Crippen LogP contribution is -2.09. The molecule has 0 aliphatic heterocycles. The van der Waals surface area contributed by atoms with Crippen LogP contribution in [-0.4, -0.2) is 24.8 Å². The number of rotatable bonds is 5. The number of hydrogen-bond acceptors (Lipinski definition) is 5. The molecule has 0 aliphatic carbocycles. The van der Waals surface area contributed by atoms with Gasteiger partial charge in [0.1, 0.15) is 0 Å². The van der Waals surface area contributed by atoms with Crippen molar-refractivity contribution in [2.75, 3.05) is 7.11 Å².